The molecule has 2 rings (SSSR count). The fraction of sp³-hybridized carbons (Fsp3) is 0.615. The van der Waals surface area contributed by atoms with Gasteiger partial charge in [-0.15, -0.1) is 0 Å². The molecule has 2 heteroatoms. The van der Waals surface area contributed by atoms with Gasteiger partial charge in [0.05, 0.1) is 6.26 Å². The van der Waals surface area contributed by atoms with Crippen molar-refractivity contribution in [3.63, 3.8) is 0 Å². The minimum Gasteiger partial charge on any atom is -0.469 e. The second kappa shape index (κ2) is 4.21. The highest BCUT2D eigenvalue weighted by atomic mass is 16.3. The average molecular weight is 206 g/mol. The first-order valence-corrected chi connectivity index (χ1v) is 5.77. The maximum Gasteiger partial charge on any atom is 0.133 e. The first kappa shape index (κ1) is 10.5. The zero-order valence-corrected chi connectivity index (χ0v) is 9.45. The van der Waals surface area contributed by atoms with Crippen LogP contribution in [0.1, 0.15) is 49.8 Å². The van der Waals surface area contributed by atoms with Crippen molar-refractivity contribution in [1.29, 1.82) is 0 Å². The molecule has 0 aliphatic heterocycles. The summed E-state index contributed by atoms with van der Waals surface area (Å²) in [4.78, 5) is 11.5. The molecule has 15 heavy (non-hydrogen) atoms. The summed E-state index contributed by atoms with van der Waals surface area (Å²) < 4.78 is 5.53. The van der Waals surface area contributed by atoms with E-state index in [0.29, 0.717) is 24.0 Å². The van der Waals surface area contributed by atoms with Crippen LogP contribution in [0.5, 0.6) is 0 Å². The standard InChI is InChI=1S/C13H18O2/c1-3-10-4-5-11(14)7-12(10)13-6-9(2)8-15-13/h6,8,10,12H,3-5,7H2,1-2H3. The van der Waals surface area contributed by atoms with Crippen LogP contribution in [0.4, 0.5) is 0 Å². The maximum atomic E-state index is 11.5. The van der Waals surface area contributed by atoms with Gasteiger partial charge in [-0.3, -0.25) is 4.79 Å². The number of carbonyl (C=O) groups excluding carboxylic acids is 1. The molecule has 2 nitrogen and oxygen atoms in total. The van der Waals surface area contributed by atoms with Crippen LogP contribution in [0, 0.1) is 12.8 Å². The van der Waals surface area contributed by atoms with Gasteiger partial charge in [0.15, 0.2) is 0 Å². The van der Waals surface area contributed by atoms with E-state index in [1.807, 2.05) is 6.92 Å². The fourth-order valence-electron chi connectivity index (χ4n) is 2.53. The summed E-state index contributed by atoms with van der Waals surface area (Å²) in [6, 6.07) is 2.08. The van der Waals surface area contributed by atoms with Crippen LogP contribution in [0.2, 0.25) is 0 Å². The minimum absolute atomic E-state index is 0.324. The lowest BCUT2D eigenvalue weighted by molar-refractivity contribution is -0.121. The first-order chi connectivity index (χ1) is 7.20. The third kappa shape index (κ3) is 2.14. The molecule has 0 radical (unpaired) electrons. The van der Waals surface area contributed by atoms with Gasteiger partial charge in [-0.25, -0.2) is 0 Å². The molecule has 0 spiro atoms. The number of hydrogen-bond acceptors (Lipinski definition) is 2. The first-order valence-electron chi connectivity index (χ1n) is 5.77. The zero-order valence-electron chi connectivity index (χ0n) is 9.45. The molecule has 82 valence electrons. The summed E-state index contributed by atoms with van der Waals surface area (Å²) in [7, 11) is 0. The molecule has 0 aromatic carbocycles. The lowest BCUT2D eigenvalue weighted by Crippen LogP contribution is -2.22. The van der Waals surface area contributed by atoms with Gasteiger partial charge in [-0.1, -0.05) is 13.3 Å². The van der Waals surface area contributed by atoms with E-state index in [1.165, 1.54) is 0 Å². The second-order valence-corrected chi connectivity index (χ2v) is 4.58. The number of hydrogen-bond donors (Lipinski definition) is 0. The largest absolute Gasteiger partial charge is 0.469 e. The molecule has 0 amide bonds. The van der Waals surface area contributed by atoms with Crippen LogP contribution in [-0.2, 0) is 4.79 Å². The Morgan fingerprint density at radius 1 is 1.53 bits per heavy atom. The Balaban J connectivity index is 2.20. The van der Waals surface area contributed by atoms with Crippen LogP contribution in [0.15, 0.2) is 16.7 Å². The second-order valence-electron chi connectivity index (χ2n) is 4.58. The summed E-state index contributed by atoms with van der Waals surface area (Å²) >= 11 is 0. The predicted octanol–water partition coefficient (Wildman–Crippen LogP) is 3.45. The van der Waals surface area contributed by atoms with E-state index in [0.717, 1.165) is 30.6 Å². The number of furan rings is 1. The molecule has 1 aliphatic rings. The van der Waals surface area contributed by atoms with Gasteiger partial charge in [0.2, 0.25) is 0 Å². The van der Waals surface area contributed by atoms with Crippen molar-refractivity contribution < 1.29 is 9.21 Å². The van der Waals surface area contributed by atoms with Crippen molar-refractivity contribution >= 4 is 5.78 Å². The number of ketones is 1. The molecule has 0 bridgehead atoms. The SMILES string of the molecule is CCC1CCC(=O)CC1c1cc(C)co1. The summed E-state index contributed by atoms with van der Waals surface area (Å²) in [6.07, 6.45) is 5.37. The maximum absolute atomic E-state index is 11.5. The van der Waals surface area contributed by atoms with Crippen molar-refractivity contribution in [3.05, 3.63) is 23.7 Å². The summed E-state index contributed by atoms with van der Waals surface area (Å²) in [5.74, 6) is 2.34. The summed E-state index contributed by atoms with van der Waals surface area (Å²) in [5, 5.41) is 0. The van der Waals surface area contributed by atoms with E-state index in [9.17, 15) is 4.79 Å². The predicted molar refractivity (Wildman–Crippen MR) is 58.8 cm³/mol. The molecule has 1 aromatic rings. The highest BCUT2D eigenvalue weighted by Gasteiger charge is 2.31. The number of aryl methyl sites for hydroxylation is 1. The molecule has 1 saturated carbocycles. The van der Waals surface area contributed by atoms with Gasteiger partial charge in [-0.2, -0.15) is 0 Å². The third-order valence-electron chi connectivity index (χ3n) is 3.45. The Labute approximate surface area is 90.7 Å². The highest BCUT2D eigenvalue weighted by Crippen LogP contribution is 2.38. The van der Waals surface area contributed by atoms with Crippen LogP contribution in [0.3, 0.4) is 0 Å². The Bertz CT molecular complexity index is 351. The molecule has 1 fully saturated rings. The molecular weight excluding hydrogens is 188 g/mol. The molecule has 0 N–H and O–H groups in total. The zero-order chi connectivity index (χ0) is 10.8. The van der Waals surface area contributed by atoms with Crippen LogP contribution >= 0.6 is 0 Å². The van der Waals surface area contributed by atoms with E-state index >= 15 is 0 Å². The molecule has 1 heterocycles. The molecule has 2 atom stereocenters. The lowest BCUT2D eigenvalue weighted by Gasteiger charge is -2.28. The average Bonchev–Trinajstić information content (AvgIpc) is 2.65. The number of carbonyl (C=O) groups is 1. The normalized spacial score (nSPS) is 26.9. The van der Waals surface area contributed by atoms with Crippen molar-refractivity contribution in [2.45, 2.75) is 45.4 Å². The number of Topliss-reactive ketones (excluding diaryl/α,β-unsaturated/α-hetero) is 1. The van der Waals surface area contributed by atoms with Gasteiger partial charge in [0, 0.05) is 18.8 Å². The molecule has 1 aromatic heterocycles. The highest BCUT2D eigenvalue weighted by molar-refractivity contribution is 5.80. The van der Waals surface area contributed by atoms with Gasteiger partial charge >= 0.3 is 0 Å². The topological polar surface area (TPSA) is 30.2 Å². The Morgan fingerprint density at radius 2 is 2.33 bits per heavy atom. The Morgan fingerprint density at radius 3 is 2.93 bits per heavy atom. The van der Waals surface area contributed by atoms with E-state index in [1.54, 1.807) is 6.26 Å². The van der Waals surface area contributed by atoms with Gasteiger partial charge in [0.1, 0.15) is 11.5 Å². The van der Waals surface area contributed by atoms with Crippen LogP contribution in [-0.4, -0.2) is 5.78 Å². The van der Waals surface area contributed by atoms with E-state index in [2.05, 4.69) is 13.0 Å². The van der Waals surface area contributed by atoms with Crippen molar-refractivity contribution in [1.82, 2.24) is 0 Å². The van der Waals surface area contributed by atoms with Gasteiger partial charge < -0.3 is 4.42 Å². The molecule has 0 saturated heterocycles. The smallest absolute Gasteiger partial charge is 0.133 e. The molecule has 2 unspecified atom stereocenters. The van der Waals surface area contributed by atoms with Crippen molar-refractivity contribution in [3.8, 4) is 0 Å². The van der Waals surface area contributed by atoms with E-state index < -0.39 is 0 Å². The Hall–Kier alpha value is -1.05. The lowest BCUT2D eigenvalue weighted by atomic mass is 9.76. The Kier molecular flexibility index (Phi) is 2.94. The van der Waals surface area contributed by atoms with Gasteiger partial charge in [-0.05, 0) is 30.9 Å². The molecular formula is C13H18O2. The van der Waals surface area contributed by atoms with Crippen LogP contribution < -0.4 is 0 Å². The fourth-order valence-corrected chi connectivity index (χ4v) is 2.53. The third-order valence-corrected chi connectivity index (χ3v) is 3.45. The number of rotatable bonds is 2. The monoisotopic (exact) mass is 206 g/mol. The summed E-state index contributed by atoms with van der Waals surface area (Å²) in [5.41, 5.74) is 1.15. The van der Waals surface area contributed by atoms with E-state index in [-0.39, 0.29) is 0 Å². The van der Waals surface area contributed by atoms with Crippen LogP contribution in [0.25, 0.3) is 0 Å². The van der Waals surface area contributed by atoms with Gasteiger partial charge in [0.25, 0.3) is 0 Å². The van der Waals surface area contributed by atoms with Crippen molar-refractivity contribution in [2.24, 2.45) is 5.92 Å². The van der Waals surface area contributed by atoms with E-state index in [4.69, 9.17) is 4.42 Å². The summed E-state index contributed by atoms with van der Waals surface area (Å²) in [6.45, 7) is 4.22. The quantitative estimate of drug-likeness (QED) is 0.741. The molecule has 1 aliphatic carbocycles. The van der Waals surface area contributed by atoms with Crippen molar-refractivity contribution in [2.75, 3.05) is 0 Å². The minimum atomic E-state index is 0.324.